The fourth-order valence-electron chi connectivity index (χ4n) is 1.20. The number of carbonyl (C=O) groups is 2. The molecule has 0 fully saturated rings. The fraction of sp³-hybridized carbons (Fsp3) is 0.571. The normalized spacial score (nSPS) is 10.3. The van der Waals surface area contributed by atoms with E-state index in [-0.39, 0.29) is 0 Å². The summed E-state index contributed by atoms with van der Waals surface area (Å²) in [5.41, 5.74) is -2.04. The van der Waals surface area contributed by atoms with Crippen LogP contribution in [0.2, 0.25) is 0 Å². The minimum Gasteiger partial charge on any atom is -0.438 e. The van der Waals surface area contributed by atoms with Crippen molar-refractivity contribution in [1.82, 2.24) is 0 Å². The first-order valence-electron chi connectivity index (χ1n) is 5.47. The van der Waals surface area contributed by atoms with Crippen LogP contribution in [0, 0.1) is 23.7 Å². The van der Waals surface area contributed by atoms with Gasteiger partial charge in [-0.05, 0) is 41.5 Å². The third kappa shape index (κ3) is 5.96. The topological polar surface area (TPSA) is 52.6 Å². The van der Waals surface area contributed by atoms with E-state index in [9.17, 15) is 9.59 Å². The summed E-state index contributed by atoms with van der Waals surface area (Å²) in [7, 11) is 0. The van der Waals surface area contributed by atoms with Gasteiger partial charge in [0.15, 0.2) is 11.2 Å². The summed E-state index contributed by atoms with van der Waals surface area (Å²) in [5, 5.41) is 0. The van der Waals surface area contributed by atoms with Crippen molar-refractivity contribution in [2.24, 2.45) is 0 Å². The summed E-state index contributed by atoms with van der Waals surface area (Å²) in [6.45, 7) is 9.59. The minimum absolute atomic E-state index is 1.02. The van der Waals surface area contributed by atoms with Crippen molar-refractivity contribution in [2.45, 2.75) is 52.7 Å². The predicted molar refractivity (Wildman–Crippen MR) is 67.2 cm³/mol. The summed E-state index contributed by atoms with van der Waals surface area (Å²) < 4.78 is 9.86. The molecule has 4 heteroatoms. The molecular formula is C14H18O4. The smallest absolute Gasteiger partial charge is 0.419 e. The number of esters is 2. The molecule has 0 amide bonds. The lowest BCUT2D eigenvalue weighted by Gasteiger charge is -2.21. The average Bonchev–Trinajstić information content (AvgIpc) is 2.15. The van der Waals surface area contributed by atoms with E-state index < -0.39 is 23.1 Å². The van der Waals surface area contributed by atoms with E-state index in [1.165, 1.54) is 0 Å². The van der Waals surface area contributed by atoms with Crippen molar-refractivity contribution in [1.29, 1.82) is 0 Å². The van der Waals surface area contributed by atoms with Crippen LogP contribution < -0.4 is 0 Å². The van der Waals surface area contributed by atoms with Gasteiger partial charge in [0, 0.05) is 0 Å². The van der Waals surface area contributed by atoms with Crippen LogP contribution in [0.5, 0.6) is 0 Å². The van der Waals surface area contributed by atoms with E-state index in [0.29, 0.717) is 0 Å². The summed E-state index contributed by atoms with van der Waals surface area (Å²) in [5.74, 6) is 8.42. The van der Waals surface area contributed by atoms with Crippen LogP contribution in [0.4, 0.5) is 0 Å². The highest BCUT2D eigenvalue weighted by Gasteiger charge is 2.30. The number of rotatable bonds is 2. The van der Waals surface area contributed by atoms with Crippen molar-refractivity contribution in [3.8, 4) is 23.7 Å². The minimum atomic E-state index is -1.08. The largest absolute Gasteiger partial charge is 0.438 e. The van der Waals surface area contributed by atoms with E-state index in [1.54, 1.807) is 41.5 Å². The molecule has 0 aliphatic carbocycles. The molecule has 0 rings (SSSR count). The van der Waals surface area contributed by atoms with Gasteiger partial charge in [0.05, 0.1) is 0 Å². The van der Waals surface area contributed by atoms with Gasteiger partial charge < -0.3 is 9.47 Å². The highest BCUT2D eigenvalue weighted by atomic mass is 16.6. The molecule has 0 spiro atoms. The van der Waals surface area contributed by atoms with E-state index in [2.05, 4.69) is 23.7 Å². The molecule has 0 unspecified atom stereocenters. The molecule has 0 aliphatic rings. The highest BCUT2D eigenvalue weighted by Crippen LogP contribution is 2.12. The molecule has 18 heavy (non-hydrogen) atoms. The maximum atomic E-state index is 11.5. The summed E-state index contributed by atoms with van der Waals surface area (Å²) >= 11 is 0. The SMILES string of the molecule is CC#CC(C)(C)OC(=O)C(=O)OC(C)(C)C#CC. The molecule has 0 saturated heterocycles. The Labute approximate surface area is 108 Å². The lowest BCUT2D eigenvalue weighted by molar-refractivity contribution is -0.177. The first kappa shape index (κ1) is 16.1. The first-order valence-corrected chi connectivity index (χ1v) is 5.47. The van der Waals surface area contributed by atoms with Crippen LogP contribution in [-0.4, -0.2) is 23.1 Å². The monoisotopic (exact) mass is 250 g/mol. The molecule has 0 atom stereocenters. The Morgan fingerprint density at radius 1 is 0.778 bits per heavy atom. The van der Waals surface area contributed by atoms with Gasteiger partial charge in [0.1, 0.15) is 0 Å². The van der Waals surface area contributed by atoms with Crippen LogP contribution in [0.3, 0.4) is 0 Å². The van der Waals surface area contributed by atoms with Gasteiger partial charge in [-0.2, -0.15) is 0 Å². The third-order valence-electron chi connectivity index (χ3n) is 1.71. The lowest BCUT2D eigenvalue weighted by atomic mass is 10.1. The predicted octanol–water partition coefficient (Wildman–Crippen LogP) is 1.68. The molecule has 0 bridgehead atoms. The second-order valence-electron chi connectivity index (χ2n) is 4.55. The van der Waals surface area contributed by atoms with Gasteiger partial charge in [-0.1, -0.05) is 11.8 Å². The van der Waals surface area contributed by atoms with Crippen molar-refractivity contribution in [3.05, 3.63) is 0 Å². The Morgan fingerprint density at radius 2 is 1.06 bits per heavy atom. The maximum absolute atomic E-state index is 11.5. The van der Waals surface area contributed by atoms with Crippen molar-refractivity contribution < 1.29 is 19.1 Å². The average molecular weight is 250 g/mol. The number of ether oxygens (including phenoxy) is 2. The molecule has 0 aromatic heterocycles. The number of carbonyl (C=O) groups excluding carboxylic acids is 2. The van der Waals surface area contributed by atoms with Gasteiger partial charge in [0.25, 0.3) is 0 Å². The van der Waals surface area contributed by atoms with Gasteiger partial charge in [-0.15, -0.1) is 11.8 Å². The molecular weight excluding hydrogens is 232 g/mol. The molecule has 0 aromatic carbocycles. The Kier molecular flexibility index (Phi) is 5.46. The highest BCUT2D eigenvalue weighted by molar-refractivity contribution is 6.30. The van der Waals surface area contributed by atoms with Crippen molar-refractivity contribution in [3.63, 3.8) is 0 Å². The number of hydrogen-bond acceptors (Lipinski definition) is 4. The molecule has 0 heterocycles. The van der Waals surface area contributed by atoms with Crippen LogP contribution in [0.25, 0.3) is 0 Å². The molecule has 98 valence electrons. The van der Waals surface area contributed by atoms with E-state index in [1.807, 2.05) is 0 Å². The maximum Gasteiger partial charge on any atom is 0.419 e. The zero-order chi connectivity index (χ0) is 14.4. The van der Waals surface area contributed by atoms with E-state index >= 15 is 0 Å². The Bertz CT molecular complexity index is 406. The molecule has 0 radical (unpaired) electrons. The van der Waals surface area contributed by atoms with Gasteiger partial charge in [0.2, 0.25) is 0 Å². The molecule has 4 nitrogen and oxygen atoms in total. The Hall–Kier alpha value is -1.94. The fourth-order valence-corrected chi connectivity index (χ4v) is 1.20. The third-order valence-corrected chi connectivity index (χ3v) is 1.71. The molecule has 0 aromatic rings. The quantitative estimate of drug-likeness (QED) is 0.425. The Balaban J connectivity index is 4.66. The second kappa shape index (κ2) is 6.12. The first-order chi connectivity index (χ1) is 8.13. The van der Waals surface area contributed by atoms with E-state index in [0.717, 1.165) is 0 Å². The van der Waals surface area contributed by atoms with Gasteiger partial charge in [-0.3, -0.25) is 0 Å². The van der Waals surface area contributed by atoms with E-state index in [4.69, 9.17) is 9.47 Å². The molecule has 0 N–H and O–H groups in total. The van der Waals surface area contributed by atoms with Crippen LogP contribution in [-0.2, 0) is 19.1 Å². The lowest BCUT2D eigenvalue weighted by Crippen LogP contribution is -2.36. The summed E-state index contributed by atoms with van der Waals surface area (Å²) in [6, 6.07) is 0. The second-order valence-corrected chi connectivity index (χ2v) is 4.55. The molecule has 0 aliphatic heterocycles. The van der Waals surface area contributed by atoms with Crippen LogP contribution in [0.15, 0.2) is 0 Å². The standard InChI is InChI=1S/C14H18O4/c1-7-9-13(3,4)17-11(15)12(16)18-14(5,6)10-8-2/h1-6H3. The van der Waals surface area contributed by atoms with Crippen molar-refractivity contribution >= 4 is 11.9 Å². The zero-order valence-electron chi connectivity index (χ0n) is 11.6. The van der Waals surface area contributed by atoms with Crippen molar-refractivity contribution in [2.75, 3.05) is 0 Å². The van der Waals surface area contributed by atoms with Crippen LogP contribution in [0.1, 0.15) is 41.5 Å². The summed E-state index contributed by atoms with van der Waals surface area (Å²) in [6.07, 6.45) is 0. The molecule has 0 saturated carbocycles. The van der Waals surface area contributed by atoms with Gasteiger partial charge >= 0.3 is 11.9 Å². The summed E-state index contributed by atoms with van der Waals surface area (Å²) in [4.78, 5) is 23.0. The zero-order valence-corrected chi connectivity index (χ0v) is 11.6. The van der Waals surface area contributed by atoms with Crippen LogP contribution >= 0.6 is 0 Å². The Morgan fingerprint density at radius 3 is 1.28 bits per heavy atom. The van der Waals surface area contributed by atoms with Gasteiger partial charge in [-0.25, -0.2) is 9.59 Å². The number of hydrogen-bond donors (Lipinski definition) is 0.